The van der Waals surface area contributed by atoms with Crippen LogP contribution >= 0.6 is 11.3 Å². The highest BCUT2D eigenvalue weighted by molar-refractivity contribution is 7.11. The van der Waals surface area contributed by atoms with Gasteiger partial charge < -0.3 is 15.0 Å². The van der Waals surface area contributed by atoms with Crippen molar-refractivity contribution in [1.82, 2.24) is 25.4 Å². The fraction of sp³-hybridized carbons (Fsp3) is 0.321. The number of hydrogen-bond acceptors (Lipinski definition) is 10. The third-order valence-corrected chi connectivity index (χ3v) is 7.53. The topological polar surface area (TPSA) is 123 Å². The molecule has 0 saturated carbocycles. The second-order valence-corrected chi connectivity index (χ2v) is 10.8. The van der Waals surface area contributed by atoms with Crippen LogP contribution in [-0.2, 0) is 28.9 Å². The second kappa shape index (κ2) is 13.0. The van der Waals surface area contributed by atoms with E-state index in [2.05, 4.69) is 40.3 Å². The van der Waals surface area contributed by atoms with Crippen molar-refractivity contribution in [2.24, 2.45) is 0 Å². The predicted octanol–water partition coefficient (Wildman–Crippen LogP) is 4.54. The molecule has 4 heterocycles. The number of ether oxygens (including phenoxy) is 1. The Morgan fingerprint density at radius 3 is 2.64 bits per heavy atom. The van der Waals surface area contributed by atoms with E-state index >= 15 is 0 Å². The SMILES string of the molecule is O=C(Cc1ccccn1)Cc1nnc(C2CCCN(c3ccc(NC(=O)Cc4cccc(OC(F)(F)F)c4)nn3)C2)s1. The van der Waals surface area contributed by atoms with Crippen LogP contribution in [0.2, 0.25) is 0 Å². The van der Waals surface area contributed by atoms with Gasteiger partial charge in [0.1, 0.15) is 21.5 Å². The number of carbonyl (C=O) groups is 2. The number of Topliss-reactive ketones (excluding diaryl/α,β-unsaturated/α-hetero) is 1. The number of carbonyl (C=O) groups excluding carboxylic acids is 2. The number of anilines is 2. The molecule has 1 aromatic carbocycles. The van der Waals surface area contributed by atoms with E-state index in [4.69, 9.17) is 0 Å². The van der Waals surface area contributed by atoms with Gasteiger partial charge in [-0.2, -0.15) is 0 Å². The number of pyridine rings is 1. The smallest absolute Gasteiger partial charge is 0.406 e. The summed E-state index contributed by atoms with van der Waals surface area (Å²) in [6, 6.07) is 14.1. The molecular formula is C28H26F3N7O3S. The average Bonchev–Trinajstić information content (AvgIpc) is 3.41. The minimum atomic E-state index is -4.81. The third kappa shape index (κ3) is 8.28. The van der Waals surface area contributed by atoms with Crippen LogP contribution in [0.3, 0.4) is 0 Å². The Morgan fingerprint density at radius 2 is 1.88 bits per heavy atom. The van der Waals surface area contributed by atoms with Gasteiger partial charge in [-0.25, -0.2) is 0 Å². The average molecular weight is 598 g/mol. The summed E-state index contributed by atoms with van der Waals surface area (Å²) >= 11 is 1.45. The number of benzene rings is 1. The molecule has 4 aromatic rings. The first-order valence-corrected chi connectivity index (χ1v) is 14.0. The standard InChI is InChI=1S/C28H26F3N7O3S/c29-28(30,31)41-22-8-3-5-18(13-22)14-25(40)33-23-9-10-24(35-34-23)38-12-4-6-19(17-38)27-37-36-26(42-27)16-21(39)15-20-7-1-2-11-32-20/h1-3,5,7-11,13,19H,4,6,12,14-17H2,(H,33,34,40). The van der Waals surface area contributed by atoms with Gasteiger partial charge in [0.25, 0.3) is 0 Å². The first-order chi connectivity index (χ1) is 20.2. The fourth-order valence-electron chi connectivity index (χ4n) is 4.61. The summed E-state index contributed by atoms with van der Waals surface area (Å²) in [7, 11) is 0. The molecule has 218 valence electrons. The van der Waals surface area contributed by atoms with Crippen LogP contribution < -0.4 is 15.0 Å². The molecule has 1 N–H and O–H groups in total. The van der Waals surface area contributed by atoms with Crippen LogP contribution in [0.5, 0.6) is 5.75 Å². The van der Waals surface area contributed by atoms with Gasteiger partial charge in [0.05, 0.1) is 12.8 Å². The number of hydrogen-bond donors (Lipinski definition) is 1. The zero-order valence-corrected chi connectivity index (χ0v) is 23.1. The lowest BCUT2D eigenvalue weighted by Gasteiger charge is -2.32. The number of aromatic nitrogens is 5. The van der Waals surface area contributed by atoms with Crippen LogP contribution in [0.4, 0.5) is 24.8 Å². The second-order valence-electron chi connectivity index (χ2n) is 9.73. The molecule has 14 heteroatoms. The Morgan fingerprint density at radius 1 is 1.00 bits per heavy atom. The molecule has 1 unspecified atom stereocenters. The van der Waals surface area contributed by atoms with E-state index in [0.717, 1.165) is 36.2 Å². The third-order valence-electron chi connectivity index (χ3n) is 6.44. The van der Waals surface area contributed by atoms with Gasteiger partial charge in [-0.3, -0.25) is 14.6 Å². The highest BCUT2D eigenvalue weighted by Gasteiger charge is 2.31. The highest BCUT2D eigenvalue weighted by atomic mass is 32.1. The molecule has 0 spiro atoms. The number of piperidine rings is 1. The molecule has 1 saturated heterocycles. The number of amides is 1. The molecule has 3 aromatic heterocycles. The predicted molar refractivity (Wildman–Crippen MR) is 148 cm³/mol. The van der Waals surface area contributed by atoms with Crippen LogP contribution in [-0.4, -0.2) is 56.5 Å². The fourth-order valence-corrected chi connectivity index (χ4v) is 5.61. The quantitative estimate of drug-likeness (QED) is 0.281. The summed E-state index contributed by atoms with van der Waals surface area (Å²) in [6.07, 6.45) is -0.987. The van der Waals surface area contributed by atoms with E-state index in [1.54, 1.807) is 18.3 Å². The lowest BCUT2D eigenvalue weighted by Crippen LogP contribution is -2.35. The summed E-state index contributed by atoms with van der Waals surface area (Å²) < 4.78 is 41.3. The first-order valence-electron chi connectivity index (χ1n) is 13.2. The van der Waals surface area contributed by atoms with Crippen molar-refractivity contribution < 1.29 is 27.5 Å². The summed E-state index contributed by atoms with van der Waals surface area (Å²) in [6.45, 7) is 1.44. The van der Waals surface area contributed by atoms with Crippen LogP contribution in [0, 0.1) is 0 Å². The van der Waals surface area contributed by atoms with Crippen LogP contribution in [0.15, 0.2) is 60.8 Å². The Balaban J connectivity index is 1.13. The Hall–Kier alpha value is -4.46. The minimum Gasteiger partial charge on any atom is -0.406 e. The number of nitrogens with one attached hydrogen (secondary N) is 1. The molecule has 1 aliphatic heterocycles. The van der Waals surface area contributed by atoms with Crippen molar-refractivity contribution in [3.05, 3.63) is 82.1 Å². The number of rotatable bonds is 10. The molecule has 1 aliphatic rings. The Kier molecular flexibility index (Phi) is 9.00. The van der Waals surface area contributed by atoms with Crippen molar-refractivity contribution in [3.63, 3.8) is 0 Å². The summed E-state index contributed by atoms with van der Waals surface area (Å²) in [5.74, 6) is 0.192. The van der Waals surface area contributed by atoms with Crippen molar-refractivity contribution in [2.45, 2.75) is 44.4 Å². The van der Waals surface area contributed by atoms with Crippen molar-refractivity contribution >= 4 is 34.7 Å². The monoisotopic (exact) mass is 597 g/mol. The van der Waals surface area contributed by atoms with E-state index in [9.17, 15) is 22.8 Å². The van der Waals surface area contributed by atoms with E-state index in [0.29, 0.717) is 22.9 Å². The number of ketones is 1. The van der Waals surface area contributed by atoms with Gasteiger partial charge in [-0.15, -0.1) is 44.9 Å². The lowest BCUT2D eigenvalue weighted by molar-refractivity contribution is -0.274. The summed E-state index contributed by atoms with van der Waals surface area (Å²) in [4.78, 5) is 31.2. The highest BCUT2D eigenvalue weighted by Crippen LogP contribution is 2.31. The van der Waals surface area contributed by atoms with E-state index in [1.807, 2.05) is 18.2 Å². The van der Waals surface area contributed by atoms with Gasteiger partial charge in [-0.05, 0) is 54.8 Å². The maximum absolute atomic E-state index is 12.5. The number of halogens is 3. The lowest BCUT2D eigenvalue weighted by atomic mass is 9.99. The molecule has 1 fully saturated rings. The largest absolute Gasteiger partial charge is 0.573 e. The number of nitrogens with zero attached hydrogens (tertiary/aromatic N) is 6. The molecule has 0 aliphatic carbocycles. The molecule has 0 bridgehead atoms. The zero-order chi connectivity index (χ0) is 29.5. The molecule has 0 radical (unpaired) electrons. The van der Waals surface area contributed by atoms with Crippen molar-refractivity contribution in [3.8, 4) is 5.75 Å². The Bertz CT molecular complexity index is 1520. The van der Waals surface area contributed by atoms with Crippen LogP contribution in [0.25, 0.3) is 0 Å². The van der Waals surface area contributed by atoms with Crippen LogP contribution in [0.1, 0.15) is 40.0 Å². The van der Waals surface area contributed by atoms with Gasteiger partial charge >= 0.3 is 6.36 Å². The normalized spacial score (nSPS) is 15.3. The van der Waals surface area contributed by atoms with E-state index in [-0.39, 0.29) is 36.8 Å². The molecule has 5 rings (SSSR count). The first kappa shape index (κ1) is 29.0. The van der Waals surface area contributed by atoms with Gasteiger partial charge in [0.2, 0.25) is 5.91 Å². The van der Waals surface area contributed by atoms with Gasteiger partial charge in [0, 0.05) is 37.3 Å². The molecular weight excluding hydrogens is 571 g/mol. The molecule has 1 amide bonds. The summed E-state index contributed by atoms with van der Waals surface area (Å²) in [5.41, 5.74) is 1.09. The summed E-state index contributed by atoms with van der Waals surface area (Å²) in [5, 5.41) is 21.1. The van der Waals surface area contributed by atoms with Crippen molar-refractivity contribution in [2.75, 3.05) is 23.3 Å². The van der Waals surface area contributed by atoms with Gasteiger partial charge in [0.15, 0.2) is 11.6 Å². The van der Waals surface area contributed by atoms with E-state index < -0.39 is 18.0 Å². The maximum atomic E-state index is 12.5. The molecule has 1 atom stereocenters. The minimum absolute atomic E-state index is 0.0353. The van der Waals surface area contributed by atoms with Crippen molar-refractivity contribution in [1.29, 1.82) is 0 Å². The maximum Gasteiger partial charge on any atom is 0.573 e. The molecule has 10 nitrogen and oxygen atoms in total. The molecule has 42 heavy (non-hydrogen) atoms. The number of alkyl halides is 3. The Labute approximate surface area is 243 Å². The van der Waals surface area contributed by atoms with Gasteiger partial charge in [-0.1, -0.05) is 18.2 Å². The van der Waals surface area contributed by atoms with E-state index in [1.165, 1.54) is 29.5 Å². The zero-order valence-electron chi connectivity index (χ0n) is 22.3.